The number of cyclic esters (lactones) is 1. The molecule has 2 aromatic rings. The summed E-state index contributed by atoms with van der Waals surface area (Å²) in [5.74, 6) is 0.0339. The van der Waals surface area contributed by atoms with E-state index >= 15 is 0 Å². The van der Waals surface area contributed by atoms with Crippen molar-refractivity contribution >= 4 is 23.2 Å². The Kier molecular flexibility index (Phi) is 5.20. The Bertz CT molecular complexity index is 618. The first-order valence-corrected chi connectivity index (χ1v) is 8.29. The molecule has 4 heterocycles. The van der Waals surface area contributed by atoms with Gasteiger partial charge in [-0.1, -0.05) is 0 Å². The van der Waals surface area contributed by atoms with Crippen LogP contribution in [-0.2, 0) is 9.53 Å². The highest BCUT2D eigenvalue weighted by Crippen LogP contribution is 2.14. The van der Waals surface area contributed by atoms with E-state index in [9.17, 15) is 9.59 Å². The first-order chi connectivity index (χ1) is 11.6. The fourth-order valence-electron chi connectivity index (χ4n) is 3.01. The number of amides is 2. The van der Waals surface area contributed by atoms with Crippen LogP contribution in [0.1, 0.15) is 19.8 Å². The molecule has 2 amide bonds. The van der Waals surface area contributed by atoms with E-state index in [0.29, 0.717) is 19.8 Å². The maximum atomic E-state index is 11.3. The zero-order valence-electron chi connectivity index (χ0n) is 13.9. The third kappa shape index (κ3) is 4.38. The number of hydrogen-bond donors (Lipinski definition) is 1. The Labute approximate surface area is 140 Å². The van der Waals surface area contributed by atoms with Crippen molar-refractivity contribution in [3.05, 3.63) is 24.3 Å². The molecule has 0 spiro atoms. The van der Waals surface area contributed by atoms with Crippen LogP contribution >= 0.6 is 0 Å². The normalized spacial score (nSPS) is 19.2. The van der Waals surface area contributed by atoms with Crippen molar-refractivity contribution in [2.24, 2.45) is 0 Å². The number of benzene rings is 1. The van der Waals surface area contributed by atoms with Gasteiger partial charge in [-0.15, -0.1) is 0 Å². The molecule has 2 saturated heterocycles. The van der Waals surface area contributed by atoms with E-state index in [2.05, 4.69) is 10.2 Å². The zero-order valence-corrected chi connectivity index (χ0v) is 13.9. The number of carbonyl (C=O) groups excluding carboxylic acids is 2. The maximum absolute atomic E-state index is 11.3. The van der Waals surface area contributed by atoms with Crippen molar-refractivity contribution < 1.29 is 18.7 Å². The lowest BCUT2D eigenvalue weighted by atomic mass is 10.1. The van der Waals surface area contributed by atoms with Crippen molar-refractivity contribution in [1.29, 1.82) is 0 Å². The molecule has 7 nitrogen and oxygen atoms in total. The van der Waals surface area contributed by atoms with Crippen LogP contribution in [-0.4, -0.2) is 60.8 Å². The molecule has 24 heavy (non-hydrogen) atoms. The van der Waals surface area contributed by atoms with Gasteiger partial charge in [0.2, 0.25) is 5.91 Å². The standard InChI is InChI=1S/C11H19N3O3.C6H4O/c1-9(15)12-10-2-4-13(5-3-10)8-14-6-7-17-11(14)16;1-2-6-4-3-5(1)7-6/h10H,2-8H2,1H3,(H,12,15);1-4H. The predicted octanol–water partition coefficient (Wildman–Crippen LogP) is 1.87. The monoisotopic (exact) mass is 333 g/mol. The van der Waals surface area contributed by atoms with E-state index in [1.54, 1.807) is 11.8 Å². The minimum absolute atomic E-state index is 0.0339. The molecule has 0 atom stereocenters. The van der Waals surface area contributed by atoms with E-state index < -0.39 is 0 Å². The van der Waals surface area contributed by atoms with Crippen LogP contribution in [0.25, 0.3) is 11.2 Å². The number of rotatable bonds is 3. The minimum atomic E-state index is -0.214. The van der Waals surface area contributed by atoms with Crippen molar-refractivity contribution in [2.75, 3.05) is 32.9 Å². The fraction of sp³-hybridized carbons (Fsp3) is 0.529. The average molecular weight is 333 g/mol. The topological polar surface area (TPSA) is 75.0 Å². The van der Waals surface area contributed by atoms with E-state index in [4.69, 9.17) is 9.15 Å². The van der Waals surface area contributed by atoms with Crippen molar-refractivity contribution in [1.82, 2.24) is 15.1 Å². The number of carbonyl (C=O) groups is 2. The van der Waals surface area contributed by atoms with Crippen molar-refractivity contribution in [3.63, 3.8) is 0 Å². The molecule has 4 rings (SSSR count). The molecule has 0 unspecified atom stereocenters. The number of likely N-dealkylation sites (tertiary alicyclic amines) is 1. The summed E-state index contributed by atoms with van der Waals surface area (Å²) in [7, 11) is 0. The molecule has 2 aliphatic heterocycles. The van der Waals surface area contributed by atoms with E-state index in [1.165, 1.54) is 0 Å². The summed E-state index contributed by atoms with van der Waals surface area (Å²) in [5.41, 5.74) is 1.94. The summed E-state index contributed by atoms with van der Waals surface area (Å²) in [6.07, 6.45) is 1.68. The number of nitrogens with one attached hydrogen (secondary N) is 1. The van der Waals surface area contributed by atoms with E-state index in [-0.39, 0.29) is 18.0 Å². The highest BCUT2D eigenvalue weighted by atomic mass is 16.6. The van der Waals surface area contributed by atoms with Crippen LogP contribution in [0.5, 0.6) is 0 Å². The fourth-order valence-corrected chi connectivity index (χ4v) is 3.01. The van der Waals surface area contributed by atoms with E-state index in [0.717, 1.165) is 37.1 Å². The molecule has 0 aromatic carbocycles. The van der Waals surface area contributed by atoms with Gasteiger partial charge in [-0.05, 0) is 37.1 Å². The third-order valence-corrected chi connectivity index (χ3v) is 4.27. The quantitative estimate of drug-likeness (QED) is 0.928. The van der Waals surface area contributed by atoms with Crippen LogP contribution in [0.2, 0.25) is 0 Å². The lowest BCUT2D eigenvalue weighted by molar-refractivity contribution is -0.120. The van der Waals surface area contributed by atoms with Gasteiger partial charge >= 0.3 is 6.09 Å². The van der Waals surface area contributed by atoms with Gasteiger partial charge in [0.1, 0.15) is 17.8 Å². The summed E-state index contributed by atoms with van der Waals surface area (Å²) in [6.45, 7) is 5.20. The number of furan rings is 2. The van der Waals surface area contributed by atoms with Gasteiger partial charge in [0.05, 0.1) is 13.2 Å². The van der Waals surface area contributed by atoms with Gasteiger partial charge in [0.25, 0.3) is 0 Å². The molecule has 1 N–H and O–H groups in total. The second kappa shape index (κ2) is 7.53. The van der Waals surface area contributed by atoms with Crippen LogP contribution in [0.4, 0.5) is 4.79 Å². The third-order valence-electron chi connectivity index (χ3n) is 4.27. The minimum Gasteiger partial charge on any atom is -0.457 e. The van der Waals surface area contributed by atoms with E-state index in [1.807, 2.05) is 24.3 Å². The van der Waals surface area contributed by atoms with Gasteiger partial charge in [-0.2, -0.15) is 0 Å². The van der Waals surface area contributed by atoms with Crippen molar-refractivity contribution in [3.8, 4) is 0 Å². The van der Waals surface area contributed by atoms with Gasteiger partial charge in [-0.3, -0.25) is 14.6 Å². The Hall–Kier alpha value is -2.28. The molecule has 0 saturated carbocycles. The molecule has 0 aliphatic carbocycles. The summed E-state index contributed by atoms with van der Waals surface area (Å²) >= 11 is 0. The Morgan fingerprint density at radius 1 is 1.17 bits per heavy atom. The summed E-state index contributed by atoms with van der Waals surface area (Å²) in [6, 6.07) is 8.10. The molecule has 2 aromatic heterocycles. The van der Waals surface area contributed by atoms with Gasteiger partial charge in [0, 0.05) is 26.1 Å². The second-order valence-electron chi connectivity index (χ2n) is 6.19. The lowest BCUT2D eigenvalue weighted by Gasteiger charge is -2.33. The molecule has 7 heteroatoms. The molecule has 2 fully saturated rings. The highest BCUT2D eigenvalue weighted by Gasteiger charge is 2.26. The predicted molar refractivity (Wildman–Crippen MR) is 88.7 cm³/mol. The first kappa shape index (κ1) is 16.6. The van der Waals surface area contributed by atoms with Crippen LogP contribution < -0.4 is 5.32 Å². The number of hydrogen-bond acceptors (Lipinski definition) is 5. The Balaban J connectivity index is 0.000000198. The molecular formula is C17H23N3O4. The number of ether oxygens (including phenoxy) is 1. The van der Waals surface area contributed by atoms with Crippen LogP contribution in [0.3, 0.4) is 0 Å². The number of nitrogens with zero attached hydrogens (tertiary/aromatic N) is 2. The highest BCUT2D eigenvalue weighted by molar-refractivity contribution is 5.73. The Morgan fingerprint density at radius 2 is 1.79 bits per heavy atom. The smallest absolute Gasteiger partial charge is 0.410 e. The molecule has 0 radical (unpaired) electrons. The zero-order chi connectivity index (χ0) is 16.9. The molecule has 2 aliphatic rings. The second-order valence-corrected chi connectivity index (χ2v) is 6.19. The number of fused-ring (bicyclic) bond motifs is 2. The first-order valence-electron chi connectivity index (χ1n) is 8.29. The molecule has 130 valence electrons. The van der Waals surface area contributed by atoms with Crippen LogP contribution in [0, 0.1) is 0 Å². The van der Waals surface area contributed by atoms with Gasteiger partial charge in [-0.25, -0.2) is 4.79 Å². The number of piperidine rings is 1. The largest absolute Gasteiger partial charge is 0.457 e. The van der Waals surface area contributed by atoms with Crippen LogP contribution in [0.15, 0.2) is 28.7 Å². The van der Waals surface area contributed by atoms with Crippen molar-refractivity contribution in [2.45, 2.75) is 25.8 Å². The molecular weight excluding hydrogens is 310 g/mol. The summed E-state index contributed by atoms with van der Waals surface area (Å²) in [5, 5.41) is 2.93. The summed E-state index contributed by atoms with van der Waals surface area (Å²) < 4.78 is 9.97. The van der Waals surface area contributed by atoms with Gasteiger partial charge < -0.3 is 14.5 Å². The van der Waals surface area contributed by atoms with Gasteiger partial charge in [0.15, 0.2) is 0 Å². The summed E-state index contributed by atoms with van der Waals surface area (Å²) in [4.78, 5) is 26.1. The average Bonchev–Trinajstić information content (AvgIpc) is 3.29. The Morgan fingerprint density at radius 3 is 2.21 bits per heavy atom. The molecule has 2 bridgehead atoms. The SMILES string of the molecule is CC(=O)NC1CCN(CN2CCOC2=O)CC1.c1cc2ccc1o2. The lowest BCUT2D eigenvalue weighted by Crippen LogP contribution is -2.47. The maximum Gasteiger partial charge on any atom is 0.410 e.